The second-order valence-corrected chi connectivity index (χ2v) is 6.54. The number of carbonyl (C=O) groups excluding carboxylic acids is 1. The van der Waals surface area contributed by atoms with Crippen LogP contribution in [0.15, 0.2) is 30.3 Å². The van der Waals surface area contributed by atoms with Gasteiger partial charge in [-0.05, 0) is 47.8 Å². The van der Waals surface area contributed by atoms with Crippen molar-refractivity contribution in [3.63, 3.8) is 0 Å². The fourth-order valence-electron chi connectivity index (χ4n) is 2.22. The molecule has 1 N–H and O–H groups in total. The predicted molar refractivity (Wildman–Crippen MR) is 80.8 cm³/mol. The van der Waals surface area contributed by atoms with Crippen LogP contribution in [0.25, 0.3) is 0 Å². The van der Waals surface area contributed by atoms with Gasteiger partial charge in [-0.1, -0.05) is 24.3 Å². The smallest absolute Gasteiger partial charge is 0.242 e. The Bertz CT molecular complexity index is 609. The molecule has 0 spiro atoms. The van der Waals surface area contributed by atoms with Gasteiger partial charge in [-0.2, -0.15) is 4.37 Å². The summed E-state index contributed by atoms with van der Waals surface area (Å²) in [5, 5.41) is 3.69. The SMILES string of the molecule is Cc1cc(NC(=O)C2SCCc3ccccc32)sn1. The van der Waals surface area contributed by atoms with Crippen molar-refractivity contribution in [1.29, 1.82) is 0 Å². The lowest BCUT2D eigenvalue weighted by atomic mass is 10.0. The molecule has 1 aliphatic rings. The minimum absolute atomic E-state index is 0.0563. The number of aromatic nitrogens is 1. The van der Waals surface area contributed by atoms with Crippen molar-refractivity contribution in [2.75, 3.05) is 11.1 Å². The number of hydrogen-bond donors (Lipinski definition) is 1. The van der Waals surface area contributed by atoms with E-state index in [1.807, 2.05) is 25.1 Å². The zero-order valence-electron chi connectivity index (χ0n) is 10.6. The Kier molecular flexibility index (Phi) is 3.57. The molecule has 3 nitrogen and oxygen atoms in total. The molecule has 1 amide bonds. The van der Waals surface area contributed by atoms with E-state index in [-0.39, 0.29) is 11.2 Å². The number of hydrogen-bond acceptors (Lipinski definition) is 4. The van der Waals surface area contributed by atoms with Crippen molar-refractivity contribution in [2.24, 2.45) is 0 Å². The Balaban J connectivity index is 1.81. The van der Waals surface area contributed by atoms with Gasteiger partial charge in [0.25, 0.3) is 0 Å². The van der Waals surface area contributed by atoms with E-state index in [1.54, 1.807) is 11.8 Å². The van der Waals surface area contributed by atoms with Crippen LogP contribution in [-0.2, 0) is 11.2 Å². The first-order valence-corrected chi connectivity index (χ1v) is 8.00. The number of carbonyl (C=O) groups is 1. The van der Waals surface area contributed by atoms with Gasteiger partial charge in [0, 0.05) is 0 Å². The molecule has 0 saturated carbocycles. The van der Waals surface area contributed by atoms with Crippen LogP contribution in [0.5, 0.6) is 0 Å². The molecule has 5 heteroatoms. The number of nitrogens with zero attached hydrogens (tertiary/aromatic N) is 1. The van der Waals surface area contributed by atoms with Crippen LogP contribution in [0.4, 0.5) is 5.00 Å². The second kappa shape index (κ2) is 5.35. The minimum Gasteiger partial charge on any atom is -0.315 e. The predicted octanol–water partition coefficient (Wildman–Crippen LogP) is 3.42. The molecule has 3 rings (SSSR count). The molecule has 19 heavy (non-hydrogen) atoms. The number of rotatable bonds is 2. The molecule has 1 atom stereocenters. The highest BCUT2D eigenvalue weighted by Gasteiger charge is 2.27. The Morgan fingerprint density at radius 2 is 2.26 bits per heavy atom. The molecule has 0 radical (unpaired) electrons. The number of amides is 1. The van der Waals surface area contributed by atoms with Crippen molar-refractivity contribution in [3.8, 4) is 0 Å². The molecule has 1 unspecified atom stereocenters. The summed E-state index contributed by atoms with van der Waals surface area (Å²) >= 11 is 3.04. The maximum Gasteiger partial charge on any atom is 0.242 e. The van der Waals surface area contributed by atoms with Crippen molar-refractivity contribution in [1.82, 2.24) is 4.37 Å². The van der Waals surface area contributed by atoms with E-state index in [4.69, 9.17) is 0 Å². The van der Waals surface area contributed by atoms with Crippen LogP contribution in [0, 0.1) is 6.92 Å². The summed E-state index contributed by atoms with van der Waals surface area (Å²) in [6.45, 7) is 1.93. The monoisotopic (exact) mass is 290 g/mol. The number of fused-ring (bicyclic) bond motifs is 1. The lowest BCUT2D eigenvalue weighted by Crippen LogP contribution is -2.22. The average Bonchev–Trinajstić information content (AvgIpc) is 2.83. The van der Waals surface area contributed by atoms with Gasteiger partial charge in [-0.25, -0.2) is 0 Å². The lowest BCUT2D eigenvalue weighted by molar-refractivity contribution is -0.115. The molecule has 0 fully saturated rings. The van der Waals surface area contributed by atoms with Crippen LogP contribution in [0.1, 0.15) is 22.1 Å². The Hall–Kier alpha value is -1.33. The Morgan fingerprint density at radius 1 is 1.42 bits per heavy atom. The minimum atomic E-state index is -0.104. The number of benzene rings is 1. The van der Waals surface area contributed by atoms with Gasteiger partial charge in [-0.3, -0.25) is 4.79 Å². The van der Waals surface area contributed by atoms with E-state index in [0.29, 0.717) is 0 Å². The van der Waals surface area contributed by atoms with Gasteiger partial charge in [0.1, 0.15) is 10.3 Å². The lowest BCUT2D eigenvalue weighted by Gasteiger charge is -2.23. The number of anilines is 1. The largest absolute Gasteiger partial charge is 0.315 e. The summed E-state index contributed by atoms with van der Waals surface area (Å²) in [4.78, 5) is 12.4. The molecule has 2 aromatic rings. The molecule has 2 heterocycles. The molecule has 1 aromatic carbocycles. The first-order chi connectivity index (χ1) is 9.24. The van der Waals surface area contributed by atoms with Crippen molar-refractivity contribution in [3.05, 3.63) is 47.2 Å². The molecule has 1 aromatic heterocycles. The maximum absolute atomic E-state index is 12.4. The van der Waals surface area contributed by atoms with Crippen molar-refractivity contribution < 1.29 is 4.79 Å². The number of thioether (sulfide) groups is 1. The summed E-state index contributed by atoms with van der Waals surface area (Å²) in [5.74, 6) is 1.05. The van der Waals surface area contributed by atoms with E-state index in [2.05, 4.69) is 21.8 Å². The number of aryl methyl sites for hydroxylation is 2. The van der Waals surface area contributed by atoms with Crippen LogP contribution >= 0.6 is 23.3 Å². The Morgan fingerprint density at radius 3 is 3.05 bits per heavy atom. The highest BCUT2D eigenvalue weighted by atomic mass is 32.2. The molecule has 0 saturated heterocycles. The molecular formula is C14H14N2OS2. The van der Waals surface area contributed by atoms with E-state index in [1.165, 1.54) is 17.1 Å². The maximum atomic E-state index is 12.4. The zero-order chi connectivity index (χ0) is 13.2. The summed E-state index contributed by atoms with van der Waals surface area (Å²) in [7, 11) is 0. The van der Waals surface area contributed by atoms with Gasteiger partial charge in [0.05, 0.1) is 5.69 Å². The molecule has 98 valence electrons. The third-order valence-corrected chi connectivity index (χ3v) is 5.14. The van der Waals surface area contributed by atoms with Crippen molar-refractivity contribution in [2.45, 2.75) is 18.6 Å². The summed E-state index contributed by atoms with van der Waals surface area (Å²) in [5.41, 5.74) is 3.39. The van der Waals surface area contributed by atoms with Crippen molar-refractivity contribution >= 4 is 34.2 Å². The molecule has 0 bridgehead atoms. The fraction of sp³-hybridized carbons (Fsp3) is 0.286. The highest BCUT2D eigenvalue weighted by Crippen LogP contribution is 2.37. The van der Waals surface area contributed by atoms with Crippen LogP contribution in [0.2, 0.25) is 0 Å². The first-order valence-electron chi connectivity index (χ1n) is 6.17. The van der Waals surface area contributed by atoms with E-state index >= 15 is 0 Å². The van der Waals surface area contributed by atoms with Gasteiger partial charge >= 0.3 is 0 Å². The quantitative estimate of drug-likeness (QED) is 0.921. The van der Waals surface area contributed by atoms with Gasteiger partial charge in [0.15, 0.2) is 0 Å². The fourth-order valence-corrected chi connectivity index (χ4v) is 4.08. The summed E-state index contributed by atoms with van der Waals surface area (Å²) < 4.78 is 4.18. The van der Waals surface area contributed by atoms with E-state index < -0.39 is 0 Å². The third kappa shape index (κ3) is 2.67. The molecular weight excluding hydrogens is 276 g/mol. The van der Waals surface area contributed by atoms with Gasteiger partial charge in [-0.15, -0.1) is 11.8 Å². The molecule has 0 aliphatic carbocycles. The Labute approximate surface area is 120 Å². The topological polar surface area (TPSA) is 42.0 Å². The van der Waals surface area contributed by atoms with Gasteiger partial charge in [0.2, 0.25) is 5.91 Å². The normalized spacial score (nSPS) is 17.8. The number of nitrogens with one attached hydrogen (secondary N) is 1. The third-order valence-electron chi connectivity index (χ3n) is 3.11. The second-order valence-electron chi connectivity index (χ2n) is 4.52. The van der Waals surface area contributed by atoms with E-state index in [9.17, 15) is 4.79 Å². The summed E-state index contributed by atoms with van der Waals surface area (Å²) in [6, 6.07) is 10.1. The van der Waals surface area contributed by atoms with Crippen LogP contribution in [0.3, 0.4) is 0 Å². The van der Waals surface area contributed by atoms with Crippen LogP contribution < -0.4 is 5.32 Å². The van der Waals surface area contributed by atoms with Crippen LogP contribution in [-0.4, -0.2) is 16.0 Å². The molecule has 1 aliphatic heterocycles. The standard InChI is InChI=1S/C14H14N2OS2/c1-9-8-12(19-16-9)15-14(17)13-11-5-3-2-4-10(11)6-7-18-13/h2-5,8,13H,6-7H2,1H3,(H,15,17). The zero-order valence-corrected chi connectivity index (χ0v) is 12.2. The summed E-state index contributed by atoms with van der Waals surface area (Å²) in [6.07, 6.45) is 1.05. The first kappa shape index (κ1) is 12.7. The highest BCUT2D eigenvalue weighted by molar-refractivity contribution is 8.00. The average molecular weight is 290 g/mol. The van der Waals surface area contributed by atoms with E-state index in [0.717, 1.165) is 28.4 Å². The van der Waals surface area contributed by atoms with Gasteiger partial charge < -0.3 is 5.32 Å².